The van der Waals surface area contributed by atoms with E-state index in [-0.39, 0.29) is 17.7 Å². The molecule has 2 aromatic rings. The maximum Gasteiger partial charge on any atom is 0.222 e. The molecule has 1 aromatic carbocycles. The van der Waals surface area contributed by atoms with Gasteiger partial charge in [0.15, 0.2) is 11.6 Å². The fourth-order valence-electron chi connectivity index (χ4n) is 2.54. The number of ether oxygens (including phenoxy) is 2. The van der Waals surface area contributed by atoms with Gasteiger partial charge in [0.05, 0.1) is 13.3 Å². The Morgan fingerprint density at radius 2 is 1.75 bits per heavy atom. The molecule has 0 saturated heterocycles. The highest BCUT2D eigenvalue weighted by Gasteiger charge is 2.17. The number of nitrogens with two attached hydrogens (primary N) is 2. The molecular weight excluding hydrogens is 304 g/mol. The van der Waals surface area contributed by atoms with Crippen molar-refractivity contribution in [2.75, 3.05) is 18.6 Å². The summed E-state index contributed by atoms with van der Waals surface area (Å²) in [5.41, 5.74) is 13.6. The van der Waals surface area contributed by atoms with Crippen LogP contribution in [-0.4, -0.2) is 17.1 Å². The molecular formula is C18H26N4O2. The van der Waals surface area contributed by atoms with E-state index in [1.807, 2.05) is 12.1 Å². The van der Waals surface area contributed by atoms with Crippen LogP contribution < -0.4 is 20.9 Å². The van der Waals surface area contributed by atoms with Crippen LogP contribution in [0.3, 0.4) is 0 Å². The molecule has 6 heteroatoms. The molecule has 0 bridgehead atoms. The van der Waals surface area contributed by atoms with E-state index in [4.69, 9.17) is 20.9 Å². The molecule has 0 saturated carbocycles. The molecule has 0 aliphatic rings. The molecule has 2 rings (SSSR count). The van der Waals surface area contributed by atoms with Gasteiger partial charge in [0.2, 0.25) is 5.95 Å². The van der Waals surface area contributed by atoms with Gasteiger partial charge in [-0.05, 0) is 36.0 Å². The largest absolute Gasteiger partial charge is 0.496 e. The molecule has 0 aliphatic heterocycles. The third kappa shape index (κ3) is 4.07. The maximum absolute atomic E-state index is 6.02. The molecule has 0 spiro atoms. The summed E-state index contributed by atoms with van der Waals surface area (Å²) in [6.07, 6.45) is 2.39. The van der Waals surface area contributed by atoms with Crippen LogP contribution in [0.25, 0.3) is 0 Å². The zero-order valence-corrected chi connectivity index (χ0v) is 15.0. The summed E-state index contributed by atoms with van der Waals surface area (Å²) in [4.78, 5) is 7.90. The van der Waals surface area contributed by atoms with Crippen molar-refractivity contribution >= 4 is 11.8 Å². The van der Waals surface area contributed by atoms with Crippen molar-refractivity contribution in [3.8, 4) is 17.2 Å². The molecule has 0 amide bonds. The van der Waals surface area contributed by atoms with E-state index in [2.05, 4.69) is 37.7 Å². The SMILES string of the molecule is COc1cc(C(C)C)c(Oc2cnc(N)nc2N)cc1CC(C)C. The lowest BCUT2D eigenvalue weighted by Gasteiger charge is -2.19. The second-order valence-corrected chi connectivity index (χ2v) is 6.53. The van der Waals surface area contributed by atoms with Gasteiger partial charge in [-0.15, -0.1) is 0 Å². The van der Waals surface area contributed by atoms with Gasteiger partial charge in [0, 0.05) is 5.56 Å². The molecule has 1 aromatic heterocycles. The van der Waals surface area contributed by atoms with E-state index in [0.29, 0.717) is 11.7 Å². The molecule has 0 fully saturated rings. The van der Waals surface area contributed by atoms with Crippen molar-refractivity contribution < 1.29 is 9.47 Å². The van der Waals surface area contributed by atoms with Gasteiger partial charge in [0.25, 0.3) is 0 Å². The number of rotatable bonds is 6. The summed E-state index contributed by atoms with van der Waals surface area (Å²) in [6.45, 7) is 8.55. The van der Waals surface area contributed by atoms with Crippen molar-refractivity contribution in [2.45, 2.75) is 40.0 Å². The highest BCUT2D eigenvalue weighted by molar-refractivity contribution is 5.53. The number of nitrogens with zero attached hydrogens (tertiary/aromatic N) is 2. The summed E-state index contributed by atoms with van der Waals surface area (Å²) in [7, 11) is 1.69. The average Bonchev–Trinajstić information content (AvgIpc) is 2.49. The van der Waals surface area contributed by atoms with Gasteiger partial charge in [-0.2, -0.15) is 4.98 Å². The minimum Gasteiger partial charge on any atom is -0.496 e. The maximum atomic E-state index is 6.02. The number of anilines is 2. The molecule has 0 unspecified atom stereocenters. The van der Waals surface area contributed by atoms with Crippen LogP contribution >= 0.6 is 0 Å². The van der Waals surface area contributed by atoms with Gasteiger partial charge < -0.3 is 20.9 Å². The number of benzene rings is 1. The van der Waals surface area contributed by atoms with Crippen molar-refractivity contribution in [1.29, 1.82) is 0 Å². The molecule has 0 radical (unpaired) electrons. The number of hydrogen-bond donors (Lipinski definition) is 2. The Hall–Kier alpha value is -2.50. The quantitative estimate of drug-likeness (QED) is 0.837. The average molecular weight is 330 g/mol. The Morgan fingerprint density at radius 3 is 2.29 bits per heavy atom. The Morgan fingerprint density at radius 1 is 1.04 bits per heavy atom. The van der Waals surface area contributed by atoms with Crippen molar-refractivity contribution in [2.24, 2.45) is 5.92 Å². The van der Waals surface area contributed by atoms with Gasteiger partial charge in [-0.1, -0.05) is 27.7 Å². The first-order valence-electron chi connectivity index (χ1n) is 8.08. The number of aromatic nitrogens is 2. The Labute approximate surface area is 143 Å². The van der Waals surface area contributed by atoms with Crippen LogP contribution in [0.1, 0.15) is 44.7 Å². The number of hydrogen-bond acceptors (Lipinski definition) is 6. The van der Waals surface area contributed by atoms with E-state index in [0.717, 1.165) is 29.0 Å². The van der Waals surface area contributed by atoms with Gasteiger partial charge in [0.1, 0.15) is 11.5 Å². The van der Waals surface area contributed by atoms with Crippen molar-refractivity contribution in [1.82, 2.24) is 9.97 Å². The number of methoxy groups -OCH3 is 1. The first kappa shape index (κ1) is 17.8. The molecule has 24 heavy (non-hydrogen) atoms. The summed E-state index contributed by atoms with van der Waals surface area (Å²) < 4.78 is 11.6. The summed E-state index contributed by atoms with van der Waals surface area (Å²) in [5, 5.41) is 0. The monoisotopic (exact) mass is 330 g/mol. The topological polar surface area (TPSA) is 96.3 Å². The van der Waals surface area contributed by atoms with Crippen LogP contribution in [0.4, 0.5) is 11.8 Å². The molecule has 1 heterocycles. The van der Waals surface area contributed by atoms with Crippen LogP contribution in [-0.2, 0) is 6.42 Å². The summed E-state index contributed by atoms with van der Waals surface area (Å²) in [5.74, 6) is 3.12. The minimum absolute atomic E-state index is 0.124. The van der Waals surface area contributed by atoms with Gasteiger partial charge in [-0.25, -0.2) is 4.98 Å². The van der Waals surface area contributed by atoms with E-state index in [1.54, 1.807) is 7.11 Å². The summed E-state index contributed by atoms with van der Waals surface area (Å²) >= 11 is 0. The standard InChI is InChI=1S/C18H26N4O2/c1-10(2)6-12-7-15(13(11(3)4)8-14(12)23-5)24-16-9-21-18(20)22-17(16)19/h7-11H,6H2,1-5H3,(H4,19,20,21,22). The predicted octanol–water partition coefficient (Wildman–Crippen LogP) is 3.76. The van der Waals surface area contributed by atoms with Crippen LogP contribution in [0.2, 0.25) is 0 Å². The third-order valence-corrected chi connectivity index (χ3v) is 3.68. The first-order valence-corrected chi connectivity index (χ1v) is 8.08. The minimum atomic E-state index is 0.124. The van der Waals surface area contributed by atoms with Crippen LogP contribution in [0.15, 0.2) is 18.3 Å². The lowest BCUT2D eigenvalue weighted by molar-refractivity contribution is 0.402. The summed E-state index contributed by atoms with van der Waals surface area (Å²) in [6, 6.07) is 4.05. The normalized spacial score (nSPS) is 11.1. The zero-order valence-electron chi connectivity index (χ0n) is 15.0. The zero-order chi connectivity index (χ0) is 17.9. The Balaban J connectivity index is 2.49. The van der Waals surface area contributed by atoms with E-state index in [1.165, 1.54) is 6.20 Å². The van der Waals surface area contributed by atoms with Crippen LogP contribution in [0, 0.1) is 5.92 Å². The Bertz CT molecular complexity index is 714. The van der Waals surface area contributed by atoms with Crippen molar-refractivity contribution in [3.05, 3.63) is 29.5 Å². The third-order valence-electron chi connectivity index (χ3n) is 3.68. The molecule has 0 aliphatic carbocycles. The molecule has 6 nitrogen and oxygen atoms in total. The van der Waals surface area contributed by atoms with E-state index < -0.39 is 0 Å². The first-order chi connectivity index (χ1) is 11.3. The molecule has 130 valence electrons. The second kappa shape index (κ2) is 7.38. The highest BCUT2D eigenvalue weighted by atomic mass is 16.5. The predicted molar refractivity (Wildman–Crippen MR) is 96.6 cm³/mol. The fraction of sp³-hybridized carbons (Fsp3) is 0.444. The van der Waals surface area contributed by atoms with Gasteiger partial charge >= 0.3 is 0 Å². The van der Waals surface area contributed by atoms with Crippen LogP contribution in [0.5, 0.6) is 17.2 Å². The smallest absolute Gasteiger partial charge is 0.222 e. The number of nitrogen functional groups attached to an aromatic ring is 2. The molecule has 4 N–H and O–H groups in total. The lowest BCUT2D eigenvalue weighted by atomic mass is 9.95. The van der Waals surface area contributed by atoms with Gasteiger partial charge in [-0.3, -0.25) is 0 Å². The lowest BCUT2D eigenvalue weighted by Crippen LogP contribution is -2.05. The highest BCUT2D eigenvalue weighted by Crippen LogP contribution is 2.38. The molecule has 0 atom stereocenters. The Kier molecular flexibility index (Phi) is 5.49. The van der Waals surface area contributed by atoms with E-state index >= 15 is 0 Å². The van der Waals surface area contributed by atoms with E-state index in [9.17, 15) is 0 Å². The second-order valence-electron chi connectivity index (χ2n) is 6.53. The fourth-order valence-corrected chi connectivity index (χ4v) is 2.54. The van der Waals surface area contributed by atoms with Crippen molar-refractivity contribution in [3.63, 3.8) is 0 Å².